The summed E-state index contributed by atoms with van der Waals surface area (Å²) in [7, 11) is 1.37. The van der Waals surface area contributed by atoms with Crippen LogP contribution in [-0.4, -0.2) is 49.9 Å². The van der Waals surface area contributed by atoms with Crippen molar-refractivity contribution in [2.75, 3.05) is 20.2 Å². The van der Waals surface area contributed by atoms with Crippen molar-refractivity contribution in [2.24, 2.45) is 11.8 Å². The molecule has 0 amide bonds. The Morgan fingerprint density at radius 1 is 0.920 bits per heavy atom. The Labute approximate surface area is 156 Å². The molecule has 3 atom stereocenters. The van der Waals surface area contributed by atoms with Gasteiger partial charge in [0.15, 0.2) is 0 Å². The summed E-state index contributed by atoms with van der Waals surface area (Å²) in [4.78, 5) is 24.7. The topological polar surface area (TPSA) is 73.9 Å². The zero-order valence-electron chi connectivity index (χ0n) is 15.7. The third-order valence-electron chi connectivity index (χ3n) is 4.69. The minimum atomic E-state index is -0.555. The van der Waals surface area contributed by atoms with Crippen molar-refractivity contribution >= 4 is 24.3 Å². The van der Waals surface area contributed by atoms with E-state index in [-0.39, 0.29) is 36.6 Å². The second-order valence-corrected chi connectivity index (χ2v) is 7.79. The number of piperidine rings is 1. The Morgan fingerprint density at radius 2 is 1.56 bits per heavy atom. The molecule has 2 rings (SSSR count). The summed E-state index contributed by atoms with van der Waals surface area (Å²) in [5, 5.41) is 3.32. The molecule has 2 aliphatic rings. The number of rotatable bonds is 4. The molecule has 0 spiro atoms. The first kappa shape index (κ1) is 22.2. The van der Waals surface area contributed by atoms with E-state index >= 15 is 0 Å². The highest BCUT2D eigenvalue weighted by Gasteiger charge is 2.42. The molecule has 6 nitrogen and oxygen atoms in total. The van der Waals surface area contributed by atoms with Crippen LogP contribution in [0.15, 0.2) is 0 Å². The van der Waals surface area contributed by atoms with Gasteiger partial charge in [-0.15, -0.1) is 12.4 Å². The van der Waals surface area contributed by atoms with Crippen LogP contribution >= 0.6 is 12.4 Å². The number of nitrogens with one attached hydrogen (secondary N) is 1. The van der Waals surface area contributed by atoms with Crippen molar-refractivity contribution in [3.63, 3.8) is 0 Å². The monoisotopic (exact) mass is 377 g/mol. The maximum absolute atomic E-state index is 12.5. The predicted octanol–water partition coefficient (Wildman–Crippen LogP) is 2.48. The lowest BCUT2D eigenvalue weighted by Crippen LogP contribution is -2.43. The highest BCUT2D eigenvalue weighted by Crippen LogP contribution is 2.35. The highest BCUT2D eigenvalue weighted by atomic mass is 35.5. The van der Waals surface area contributed by atoms with Gasteiger partial charge in [-0.3, -0.25) is 9.59 Å². The van der Waals surface area contributed by atoms with Crippen LogP contribution in [0, 0.1) is 11.8 Å². The first-order valence-electron chi connectivity index (χ1n) is 8.97. The van der Waals surface area contributed by atoms with E-state index in [2.05, 4.69) is 5.32 Å². The Balaban J connectivity index is 0.00000312. The smallest absolute Gasteiger partial charge is 0.310 e. The van der Waals surface area contributed by atoms with Gasteiger partial charge in [0.25, 0.3) is 0 Å². The van der Waals surface area contributed by atoms with Crippen LogP contribution in [0.1, 0.15) is 52.9 Å². The normalized spacial score (nSPS) is 27.9. The maximum Gasteiger partial charge on any atom is 0.310 e. The Kier molecular flexibility index (Phi) is 8.64. The molecular weight excluding hydrogens is 346 g/mol. The summed E-state index contributed by atoms with van der Waals surface area (Å²) in [5.41, 5.74) is -0.555. The first-order valence-corrected chi connectivity index (χ1v) is 8.97. The van der Waals surface area contributed by atoms with E-state index < -0.39 is 17.4 Å². The third-order valence-corrected chi connectivity index (χ3v) is 4.69. The molecule has 1 aliphatic carbocycles. The quantitative estimate of drug-likeness (QED) is 0.759. The molecule has 0 bridgehead atoms. The molecule has 0 unspecified atom stereocenters. The number of esters is 2. The van der Waals surface area contributed by atoms with Crippen LogP contribution < -0.4 is 5.32 Å². The zero-order valence-corrected chi connectivity index (χ0v) is 16.5. The molecule has 1 N–H and O–H groups in total. The molecule has 0 aromatic carbocycles. The minimum Gasteiger partial charge on any atom is -0.469 e. The molecular formula is C18H32ClNO5. The summed E-state index contributed by atoms with van der Waals surface area (Å²) in [6.45, 7) is 7.45. The summed E-state index contributed by atoms with van der Waals surface area (Å²) < 4.78 is 16.6. The molecule has 25 heavy (non-hydrogen) atoms. The van der Waals surface area contributed by atoms with Crippen molar-refractivity contribution in [3.05, 3.63) is 0 Å². The average Bonchev–Trinajstić information content (AvgIpc) is 2.53. The molecule has 2 fully saturated rings. The molecule has 7 heteroatoms. The van der Waals surface area contributed by atoms with Crippen molar-refractivity contribution in [3.8, 4) is 0 Å². The van der Waals surface area contributed by atoms with E-state index in [0.29, 0.717) is 12.8 Å². The zero-order chi connectivity index (χ0) is 17.7. The molecule has 0 aromatic heterocycles. The SMILES string of the molecule is COC(=O)[C@H]1C[C@H](OC2CCNCC2)CC[C@@H]1C(=O)OC(C)(C)C.Cl. The summed E-state index contributed by atoms with van der Waals surface area (Å²) in [5.74, 6) is -1.57. The minimum absolute atomic E-state index is 0. The second kappa shape index (κ2) is 9.74. The van der Waals surface area contributed by atoms with Gasteiger partial charge in [-0.25, -0.2) is 0 Å². The van der Waals surface area contributed by atoms with E-state index in [0.717, 1.165) is 32.4 Å². The van der Waals surface area contributed by atoms with Gasteiger partial charge in [0, 0.05) is 0 Å². The number of carbonyl (C=O) groups is 2. The highest BCUT2D eigenvalue weighted by molar-refractivity contribution is 5.85. The number of halogens is 1. The van der Waals surface area contributed by atoms with Crippen molar-refractivity contribution < 1.29 is 23.8 Å². The van der Waals surface area contributed by atoms with Crippen molar-refractivity contribution in [1.29, 1.82) is 0 Å². The fourth-order valence-corrected chi connectivity index (χ4v) is 3.53. The lowest BCUT2D eigenvalue weighted by Gasteiger charge is -2.36. The molecule has 146 valence electrons. The fourth-order valence-electron chi connectivity index (χ4n) is 3.53. The Bertz CT molecular complexity index is 445. The molecule has 0 aromatic rings. The Morgan fingerprint density at radius 3 is 2.12 bits per heavy atom. The van der Waals surface area contributed by atoms with E-state index in [1.165, 1.54) is 7.11 Å². The van der Waals surface area contributed by atoms with E-state index in [1.54, 1.807) is 0 Å². The second-order valence-electron chi connectivity index (χ2n) is 7.79. The van der Waals surface area contributed by atoms with Crippen LogP contribution in [0.4, 0.5) is 0 Å². The van der Waals surface area contributed by atoms with Crippen LogP contribution in [0.5, 0.6) is 0 Å². The molecule has 1 aliphatic heterocycles. The summed E-state index contributed by atoms with van der Waals surface area (Å²) >= 11 is 0. The predicted molar refractivity (Wildman–Crippen MR) is 96.7 cm³/mol. The fraction of sp³-hybridized carbons (Fsp3) is 0.889. The van der Waals surface area contributed by atoms with Gasteiger partial charge in [-0.1, -0.05) is 0 Å². The molecule has 0 radical (unpaired) electrons. The van der Waals surface area contributed by atoms with Crippen molar-refractivity contribution in [1.82, 2.24) is 5.32 Å². The largest absolute Gasteiger partial charge is 0.469 e. The standard InChI is InChI=1S/C18H31NO5.ClH/c1-18(2,3)24-17(21)14-6-5-13(11-15(14)16(20)22-4)23-12-7-9-19-10-8-12;/h12-15,19H,5-11H2,1-4H3;1H/t13-,14+,15+;/m1./s1. The number of methoxy groups -OCH3 is 1. The van der Waals surface area contributed by atoms with Crippen LogP contribution in [-0.2, 0) is 23.8 Å². The van der Waals surface area contributed by atoms with Gasteiger partial charge in [-0.05, 0) is 66.0 Å². The number of hydrogen-bond donors (Lipinski definition) is 1. The molecule has 1 saturated heterocycles. The first-order chi connectivity index (χ1) is 11.3. The van der Waals surface area contributed by atoms with Gasteiger partial charge in [0.1, 0.15) is 5.60 Å². The average molecular weight is 378 g/mol. The third kappa shape index (κ3) is 6.76. The van der Waals surface area contributed by atoms with E-state index in [1.807, 2.05) is 20.8 Å². The lowest BCUT2D eigenvalue weighted by atomic mass is 9.77. The van der Waals surface area contributed by atoms with Gasteiger partial charge >= 0.3 is 11.9 Å². The summed E-state index contributed by atoms with van der Waals surface area (Å²) in [6, 6.07) is 0. The molecule has 1 heterocycles. The van der Waals surface area contributed by atoms with Gasteiger partial charge in [0.2, 0.25) is 0 Å². The van der Waals surface area contributed by atoms with Gasteiger partial charge < -0.3 is 19.5 Å². The van der Waals surface area contributed by atoms with Gasteiger partial charge in [-0.2, -0.15) is 0 Å². The number of carbonyl (C=O) groups excluding carboxylic acids is 2. The molecule has 1 saturated carbocycles. The van der Waals surface area contributed by atoms with Crippen LogP contribution in [0.25, 0.3) is 0 Å². The van der Waals surface area contributed by atoms with E-state index in [9.17, 15) is 9.59 Å². The maximum atomic E-state index is 12.5. The summed E-state index contributed by atoms with van der Waals surface area (Å²) in [6.07, 6.45) is 4.15. The van der Waals surface area contributed by atoms with Gasteiger partial charge in [0.05, 0.1) is 31.2 Å². The number of hydrogen-bond acceptors (Lipinski definition) is 6. The lowest BCUT2D eigenvalue weighted by molar-refractivity contribution is -0.173. The van der Waals surface area contributed by atoms with Crippen molar-refractivity contribution in [2.45, 2.75) is 70.7 Å². The van der Waals surface area contributed by atoms with Crippen LogP contribution in [0.2, 0.25) is 0 Å². The van der Waals surface area contributed by atoms with E-state index in [4.69, 9.17) is 14.2 Å². The van der Waals surface area contributed by atoms with Crippen LogP contribution in [0.3, 0.4) is 0 Å². The number of ether oxygens (including phenoxy) is 3. The Hall–Kier alpha value is -0.850.